The molecule has 2 aliphatic rings. The van der Waals surface area contributed by atoms with E-state index in [0.29, 0.717) is 12.0 Å². The lowest BCUT2D eigenvalue weighted by Gasteiger charge is -2.26. The van der Waals surface area contributed by atoms with Crippen molar-refractivity contribution < 1.29 is 9.59 Å². The molecule has 4 heteroatoms. The second-order valence-corrected chi connectivity index (χ2v) is 4.37. The maximum Gasteiger partial charge on any atom is 0.261 e. The van der Waals surface area contributed by atoms with Crippen LogP contribution in [0.2, 0.25) is 0 Å². The summed E-state index contributed by atoms with van der Waals surface area (Å²) >= 11 is 0. The molecule has 3 rings (SSSR count). The van der Waals surface area contributed by atoms with Crippen LogP contribution in [0.4, 0.5) is 0 Å². The third kappa shape index (κ3) is 1.27. The highest BCUT2D eigenvalue weighted by Crippen LogP contribution is 2.31. The number of carbonyl (C=O) groups excluding carboxylic acids is 2. The fraction of sp³-hybridized carbons (Fsp3) is 0.333. The molecule has 1 aromatic rings. The maximum atomic E-state index is 12.1. The molecule has 0 aromatic heterocycles. The molecular weight excluding hydrogens is 204 g/mol. The zero-order valence-corrected chi connectivity index (χ0v) is 8.72. The van der Waals surface area contributed by atoms with Gasteiger partial charge in [0.2, 0.25) is 5.91 Å². The van der Waals surface area contributed by atoms with Gasteiger partial charge in [-0.1, -0.05) is 18.2 Å². The molecule has 0 saturated heterocycles. The predicted octanol–water partition coefficient (Wildman–Crippen LogP) is 0.311. The molecule has 2 N–H and O–H groups in total. The molecule has 1 aromatic carbocycles. The van der Waals surface area contributed by atoms with E-state index in [-0.39, 0.29) is 23.9 Å². The molecule has 0 radical (unpaired) electrons. The minimum Gasteiger partial charge on any atom is -0.326 e. The Morgan fingerprint density at radius 2 is 1.94 bits per heavy atom. The zero-order valence-electron chi connectivity index (χ0n) is 8.72. The summed E-state index contributed by atoms with van der Waals surface area (Å²) < 4.78 is 0. The number of fused-ring (bicyclic) bond motifs is 1. The van der Waals surface area contributed by atoms with Gasteiger partial charge in [-0.2, -0.15) is 0 Å². The Labute approximate surface area is 93.0 Å². The lowest BCUT2D eigenvalue weighted by Crippen LogP contribution is -2.45. The van der Waals surface area contributed by atoms with Crippen LogP contribution in [0.5, 0.6) is 0 Å². The van der Waals surface area contributed by atoms with E-state index in [2.05, 4.69) is 0 Å². The Bertz CT molecular complexity index is 484. The van der Waals surface area contributed by atoms with Gasteiger partial charge in [0.05, 0.1) is 12.5 Å². The normalized spacial score (nSPS) is 27.9. The van der Waals surface area contributed by atoms with E-state index >= 15 is 0 Å². The van der Waals surface area contributed by atoms with Crippen LogP contribution in [0.25, 0.3) is 0 Å². The number of hydrogen-bond donors (Lipinski definition) is 1. The summed E-state index contributed by atoms with van der Waals surface area (Å²) in [5.41, 5.74) is 7.16. The summed E-state index contributed by atoms with van der Waals surface area (Å²) in [7, 11) is 0. The summed E-state index contributed by atoms with van der Waals surface area (Å²) in [5.74, 6) is -0.313. The van der Waals surface area contributed by atoms with Gasteiger partial charge < -0.3 is 5.73 Å². The molecule has 0 bridgehead atoms. The summed E-state index contributed by atoms with van der Waals surface area (Å²) in [5, 5.41) is 0. The topological polar surface area (TPSA) is 63.4 Å². The number of carbonyl (C=O) groups is 2. The van der Waals surface area contributed by atoms with Crippen LogP contribution in [0.15, 0.2) is 24.3 Å². The van der Waals surface area contributed by atoms with Crippen LogP contribution >= 0.6 is 0 Å². The lowest BCUT2D eigenvalue weighted by atomic mass is 9.98. The summed E-state index contributed by atoms with van der Waals surface area (Å²) in [6, 6.07) is 7.15. The van der Waals surface area contributed by atoms with Gasteiger partial charge in [0.25, 0.3) is 5.91 Å². The number of hydrogen-bond acceptors (Lipinski definition) is 3. The molecule has 1 saturated carbocycles. The van der Waals surface area contributed by atoms with Gasteiger partial charge in [-0.05, 0) is 18.1 Å². The number of imide groups is 1. The molecule has 1 aliphatic carbocycles. The van der Waals surface area contributed by atoms with E-state index < -0.39 is 0 Å². The van der Waals surface area contributed by atoms with E-state index in [1.807, 2.05) is 18.2 Å². The van der Waals surface area contributed by atoms with Crippen LogP contribution in [-0.4, -0.2) is 28.8 Å². The van der Waals surface area contributed by atoms with Crippen molar-refractivity contribution >= 4 is 11.8 Å². The SMILES string of the molecule is NC1CC1N1C(=O)Cc2ccccc2C1=O. The fourth-order valence-corrected chi connectivity index (χ4v) is 2.21. The highest BCUT2D eigenvalue weighted by molar-refractivity contribution is 6.10. The van der Waals surface area contributed by atoms with Crippen molar-refractivity contribution in [1.82, 2.24) is 4.90 Å². The lowest BCUT2D eigenvalue weighted by molar-refractivity contribution is -0.128. The molecule has 2 atom stereocenters. The quantitative estimate of drug-likeness (QED) is 0.687. The largest absolute Gasteiger partial charge is 0.326 e. The zero-order chi connectivity index (χ0) is 11.3. The molecule has 0 spiro atoms. The number of benzene rings is 1. The minimum absolute atomic E-state index is 0.0295. The third-order valence-corrected chi connectivity index (χ3v) is 3.21. The molecular formula is C12H12N2O2. The first-order chi connectivity index (χ1) is 7.68. The second-order valence-electron chi connectivity index (χ2n) is 4.37. The third-order valence-electron chi connectivity index (χ3n) is 3.21. The van der Waals surface area contributed by atoms with Gasteiger partial charge in [0, 0.05) is 11.6 Å². The Balaban J connectivity index is 2.01. The van der Waals surface area contributed by atoms with E-state index in [1.54, 1.807) is 6.07 Å². The summed E-state index contributed by atoms with van der Waals surface area (Å²) in [6.45, 7) is 0. The van der Waals surface area contributed by atoms with Crippen molar-refractivity contribution in [3.8, 4) is 0 Å². The maximum absolute atomic E-state index is 12.1. The molecule has 1 fully saturated rings. The highest BCUT2D eigenvalue weighted by atomic mass is 16.2. The molecule has 1 aliphatic heterocycles. The number of rotatable bonds is 1. The Morgan fingerprint density at radius 3 is 2.62 bits per heavy atom. The van der Waals surface area contributed by atoms with Gasteiger partial charge in [-0.15, -0.1) is 0 Å². The molecule has 16 heavy (non-hydrogen) atoms. The van der Waals surface area contributed by atoms with Crippen LogP contribution in [0, 0.1) is 0 Å². The van der Waals surface area contributed by atoms with Crippen molar-refractivity contribution in [3.63, 3.8) is 0 Å². The van der Waals surface area contributed by atoms with Crippen molar-refractivity contribution in [2.75, 3.05) is 0 Å². The molecule has 82 valence electrons. The molecule has 1 heterocycles. The predicted molar refractivity (Wildman–Crippen MR) is 57.7 cm³/mol. The summed E-state index contributed by atoms with van der Waals surface area (Å²) in [6.07, 6.45) is 1.05. The van der Waals surface area contributed by atoms with Gasteiger partial charge in [-0.25, -0.2) is 0 Å². The first kappa shape index (κ1) is 9.54. The average Bonchev–Trinajstić information content (AvgIpc) is 2.95. The summed E-state index contributed by atoms with van der Waals surface area (Å²) in [4.78, 5) is 25.3. The smallest absolute Gasteiger partial charge is 0.261 e. The standard InChI is InChI=1S/C12H12N2O2/c13-9-6-10(9)14-11(15)5-7-3-1-2-4-8(7)12(14)16/h1-4,9-10H,5-6,13H2. The van der Waals surface area contributed by atoms with Crippen LogP contribution in [-0.2, 0) is 11.2 Å². The van der Waals surface area contributed by atoms with Crippen molar-refractivity contribution in [3.05, 3.63) is 35.4 Å². The van der Waals surface area contributed by atoms with Gasteiger partial charge in [0.15, 0.2) is 0 Å². The second kappa shape index (κ2) is 3.15. The van der Waals surface area contributed by atoms with Crippen LogP contribution < -0.4 is 5.73 Å². The van der Waals surface area contributed by atoms with Crippen molar-refractivity contribution in [2.24, 2.45) is 5.73 Å². The van der Waals surface area contributed by atoms with E-state index in [0.717, 1.165) is 12.0 Å². The minimum atomic E-state index is -0.190. The van der Waals surface area contributed by atoms with Crippen molar-refractivity contribution in [2.45, 2.75) is 24.9 Å². The monoisotopic (exact) mass is 216 g/mol. The Hall–Kier alpha value is -1.68. The first-order valence-electron chi connectivity index (χ1n) is 5.38. The number of amides is 2. The van der Waals surface area contributed by atoms with E-state index in [1.165, 1.54) is 4.90 Å². The first-order valence-corrected chi connectivity index (χ1v) is 5.38. The van der Waals surface area contributed by atoms with Crippen molar-refractivity contribution in [1.29, 1.82) is 0 Å². The van der Waals surface area contributed by atoms with Crippen LogP contribution in [0.3, 0.4) is 0 Å². The molecule has 2 amide bonds. The Morgan fingerprint density at radius 1 is 1.25 bits per heavy atom. The van der Waals surface area contributed by atoms with Gasteiger partial charge in [-0.3, -0.25) is 14.5 Å². The van der Waals surface area contributed by atoms with Crippen LogP contribution in [0.1, 0.15) is 22.3 Å². The number of nitrogens with two attached hydrogens (primary N) is 1. The Kier molecular flexibility index (Phi) is 1.88. The number of nitrogens with zero attached hydrogens (tertiary/aromatic N) is 1. The fourth-order valence-electron chi connectivity index (χ4n) is 2.21. The van der Waals surface area contributed by atoms with Gasteiger partial charge >= 0.3 is 0 Å². The van der Waals surface area contributed by atoms with Gasteiger partial charge in [0.1, 0.15) is 0 Å². The molecule has 4 nitrogen and oxygen atoms in total. The average molecular weight is 216 g/mol. The molecule has 2 unspecified atom stereocenters. The van der Waals surface area contributed by atoms with E-state index in [9.17, 15) is 9.59 Å². The van der Waals surface area contributed by atoms with E-state index in [4.69, 9.17) is 5.73 Å². The highest BCUT2D eigenvalue weighted by Gasteiger charge is 2.46.